The van der Waals surface area contributed by atoms with Crippen molar-refractivity contribution in [1.82, 2.24) is 24.2 Å². The first-order chi connectivity index (χ1) is 17.4. The van der Waals surface area contributed by atoms with E-state index < -0.39 is 10.0 Å². The normalized spacial score (nSPS) is 15.3. The zero-order valence-corrected chi connectivity index (χ0v) is 20.9. The Labute approximate surface area is 210 Å². The van der Waals surface area contributed by atoms with Crippen LogP contribution in [0.2, 0.25) is 0 Å². The number of ether oxygens (including phenoxy) is 1. The van der Waals surface area contributed by atoms with Crippen LogP contribution in [0.25, 0.3) is 32.3 Å². The highest BCUT2D eigenvalue weighted by Crippen LogP contribution is 2.29. The number of para-hydroxylation sites is 1. The molecule has 12 heteroatoms. The minimum Gasteiger partial charge on any atom is -0.494 e. The molecule has 6 rings (SSSR count). The van der Waals surface area contributed by atoms with E-state index in [1.165, 1.54) is 0 Å². The summed E-state index contributed by atoms with van der Waals surface area (Å²) < 4.78 is 34.3. The van der Waals surface area contributed by atoms with Gasteiger partial charge in [-0.15, -0.1) is 0 Å². The monoisotopic (exact) mass is 524 g/mol. The summed E-state index contributed by atoms with van der Waals surface area (Å²) >= 11 is 1.64. The van der Waals surface area contributed by atoms with Gasteiger partial charge < -0.3 is 14.6 Å². The van der Waals surface area contributed by atoms with Crippen LogP contribution in [0.15, 0.2) is 53.3 Å². The Bertz CT molecular complexity index is 1680. The first kappa shape index (κ1) is 23.0. The SMILES string of the molecule is O=c1[nH]c2cc3cc(OCCCS(=O)(=O)N4CCN(c5nc6ccccc6s5)CC4)ccc3nc2[nH]1. The van der Waals surface area contributed by atoms with E-state index in [0.29, 0.717) is 49.5 Å². The van der Waals surface area contributed by atoms with Crippen LogP contribution in [0.1, 0.15) is 6.42 Å². The molecule has 5 aromatic rings. The molecule has 0 radical (unpaired) electrons. The van der Waals surface area contributed by atoms with Gasteiger partial charge in [-0.05, 0) is 42.8 Å². The lowest BCUT2D eigenvalue weighted by Gasteiger charge is -2.33. The van der Waals surface area contributed by atoms with Crippen LogP contribution >= 0.6 is 11.3 Å². The third kappa shape index (κ3) is 4.54. The Morgan fingerprint density at radius 1 is 0.972 bits per heavy atom. The van der Waals surface area contributed by atoms with Crippen LogP contribution in [0, 0.1) is 0 Å². The quantitative estimate of drug-likeness (QED) is 0.314. The van der Waals surface area contributed by atoms with Crippen molar-refractivity contribution >= 4 is 58.8 Å². The Kier molecular flexibility index (Phi) is 5.86. The fourth-order valence-electron chi connectivity index (χ4n) is 4.41. The molecule has 0 amide bonds. The van der Waals surface area contributed by atoms with Gasteiger partial charge in [0.2, 0.25) is 10.0 Å². The summed E-state index contributed by atoms with van der Waals surface area (Å²) in [6, 6.07) is 15.3. The number of H-pyrrole nitrogens is 2. The van der Waals surface area contributed by atoms with Crippen LogP contribution in [0.4, 0.5) is 5.13 Å². The van der Waals surface area contributed by atoms with Gasteiger partial charge in [-0.1, -0.05) is 23.5 Å². The topological polar surface area (TPSA) is 124 Å². The smallest absolute Gasteiger partial charge is 0.325 e. The number of thiazole rings is 1. The minimum absolute atomic E-state index is 0.0362. The molecule has 0 unspecified atom stereocenters. The van der Waals surface area contributed by atoms with Gasteiger partial charge in [0.1, 0.15) is 5.75 Å². The summed E-state index contributed by atoms with van der Waals surface area (Å²) in [6.45, 7) is 2.44. The highest BCUT2D eigenvalue weighted by molar-refractivity contribution is 7.89. The molecule has 2 N–H and O–H groups in total. The number of imidazole rings is 1. The maximum Gasteiger partial charge on any atom is 0.325 e. The zero-order chi connectivity index (χ0) is 24.7. The van der Waals surface area contributed by atoms with E-state index in [1.54, 1.807) is 21.7 Å². The molecule has 1 aliphatic heterocycles. The number of fused-ring (bicyclic) bond motifs is 3. The predicted octanol–water partition coefficient (Wildman–Crippen LogP) is 2.94. The molecule has 1 fully saturated rings. The second kappa shape index (κ2) is 9.19. The number of anilines is 1. The minimum atomic E-state index is -3.36. The van der Waals surface area contributed by atoms with Crippen molar-refractivity contribution < 1.29 is 13.2 Å². The van der Waals surface area contributed by atoms with E-state index in [-0.39, 0.29) is 18.0 Å². The number of benzene rings is 2. The molecular weight excluding hydrogens is 500 g/mol. The van der Waals surface area contributed by atoms with Crippen LogP contribution in [0.5, 0.6) is 5.75 Å². The summed E-state index contributed by atoms with van der Waals surface area (Å²) in [5, 5.41) is 1.77. The van der Waals surface area contributed by atoms with Gasteiger partial charge in [0.05, 0.1) is 33.6 Å². The molecule has 0 saturated carbocycles. The number of rotatable bonds is 7. The van der Waals surface area contributed by atoms with Gasteiger partial charge in [-0.25, -0.2) is 23.2 Å². The third-order valence-corrected chi connectivity index (χ3v) is 9.32. The molecule has 2 aromatic carbocycles. The molecule has 36 heavy (non-hydrogen) atoms. The van der Waals surface area contributed by atoms with Crippen molar-refractivity contribution in [3.63, 3.8) is 0 Å². The molecule has 1 aliphatic rings. The molecule has 10 nitrogen and oxygen atoms in total. The summed E-state index contributed by atoms with van der Waals surface area (Å²) in [5.74, 6) is 0.664. The largest absolute Gasteiger partial charge is 0.494 e. The van der Waals surface area contributed by atoms with Gasteiger partial charge in [-0.3, -0.25) is 4.98 Å². The molecule has 0 atom stereocenters. The molecule has 1 saturated heterocycles. The van der Waals surface area contributed by atoms with Crippen molar-refractivity contribution in [3.05, 3.63) is 59.0 Å². The summed E-state index contributed by atoms with van der Waals surface area (Å²) in [5.41, 5.74) is 2.54. The fraction of sp³-hybridized carbons (Fsp3) is 0.292. The van der Waals surface area contributed by atoms with E-state index in [2.05, 4.69) is 30.9 Å². The molecule has 0 aliphatic carbocycles. The predicted molar refractivity (Wildman–Crippen MR) is 142 cm³/mol. The van der Waals surface area contributed by atoms with Crippen molar-refractivity contribution in [3.8, 4) is 5.75 Å². The van der Waals surface area contributed by atoms with Crippen LogP contribution in [0.3, 0.4) is 0 Å². The number of hydrogen-bond acceptors (Lipinski definition) is 8. The Hall–Kier alpha value is -3.48. The molecular formula is C24H24N6O4S2. The average molecular weight is 525 g/mol. The van der Waals surface area contributed by atoms with Crippen molar-refractivity contribution in [1.29, 1.82) is 0 Å². The van der Waals surface area contributed by atoms with Crippen LogP contribution in [-0.4, -0.2) is 71.2 Å². The number of sulfonamides is 1. The fourth-order valence-corrected chi connectivity index (χ4v) is 6.89. The Balaban J connectivity index is 1.02. The third-order valence-electron chi connectivity index (χ3n) is 6.27. The Morgan fingerprint density at radius 2 is 1.81 bits per heavy atom. The molecule has 3 aromatic heterocycles. The van der Waals surface area contributed by atoms with E-state index in [4.69, 9.17) is 4.74 Å². The van der Waals surface area contributed by atoms with Gasteiger partial charge in [0, 0.05) is 31.6 Å². The summed E-state index contributed by atoms with van der Waals surface area (Å²) in [6.07, 6.45) is 0.390. The maximum atomic E-state index is 12.9. The van der Waals surface area contributed by atoms with E-state index >= 15 is 0 Å². The van der Waals surface area contributed by atoms with Gasteiger partial charge in [0.25, 0.3) is 0 Å². The summed E-state index contributed by atoms with van der Waals surface area (Å²) in [4.78, 5) is 28.1. The number of piperazine rings is 1. The standard InChI is InChI=1S/C24H24N6O4S2/c31-23-26-20-15-16-14-17(6-7-18(16)25-22(20)28-23)34-12-3-13-36(32,33)30-10-8-29(9-11-30)24-27-19-4-1-2-5-21(19)35-24/h1-2,4-7,14-15H,3,8-13H2,(H2,25,26,28,31). The second-order valence-electron chi connectivity index (χ2n) is 8.69. The van der Waals surface area contributed by atoms with E-state index in [9.17, 15) is 13.2 Å². The number of hydrogen-bond donors (Lipinski definition) is 2. The molecule has 4 heterocycles. The lowest BCUT2D eigenvalue weighted by molar-refractivity contribution is 0.315. The van der Waals surface area contributed by atoms with Gasteiger partial charge in [0.15, 0.2) is 10.8 Å². The van der Waals surface area contributed by atoms with Crippen molar-refractivity contribution in [2.75, 3.05) is 43.4 Å². The summed E-state index contributed by atoms with van der Waals surface area (Å²) in [7, 11) is -3.36. The zero-order valence-electron chi connectivity index (χ0n) is 19.3. The van der Waals surface area contributed by atoms with E-state index in [0.717, 1.165) is 26.3 Å². The number of nitrogens with zero attached hydrogens (tertiary/aromatic N) is 4. The lowest BCUT2D eigenvalue weighted by atomic mass is 10.2. The highest BCUT2D eigenvalue weighted by atomic mass is 32.2. The first-order valence-electron chi connectivity index (χ1n) is 11.7. The van der Waals surface area contributed by atoms with Gasteiger partial charge in [-0.2, -0.15) is 4.31 Å². The molecule has 0 spiro atoms. The van der Waals surface area contributed by atoms with Crippen LogP contribution < -0.4 is 15.3 Å². The van der Waals surface area contributed by atoms with Crippen LogP contribution in [-0.2, 0) is 10.0 Å². The van der Waals surface area contributed by atoms with E-state index in [1.807, 2.05) is 36.4 Å². The number of aromatic nitrogens is 4. The molecule has 0 bridgehead atoms. The number of nitrogens with one attached hydrogen (secondary N) is 2. The second-order valence-corrected chi connectivity index (χ2v) is 11.8. The number of pyridine rings is 1. The Morgan fingerprint density at radius 3 is 2.64 bits per heavy atom. The first-order valence-corrected chi connectivity index (χ1v) is 14.1. The van der Waals surface area contributed by atoms with Crippen molar-refractivity contribution in [2.24, 2.45) is 0 Å². The maximum absolute atomic E-state index is 12.9. The highest BCUT2D eigenvalue weighted by Gasteiger charge is 2.27. The van der Waals surface area contributed by atoms with Gasteiger partial charge >= 0.3 is 5.69 Å². The lowest BCUT2D eigenvalue weighted by Crippen LogP contribution is -2.49. The number of aromatic amines is 2. The van der Waals surface area contributed by atoms with Crippen molar-refractivity contribution in [2.45, 2.75) is 6.42 Å². The molecule has 186 valence electrons. The average Bonchev–Trinajstić information content (AvgIpc) is 3.47.